The summed E-state index contributed by atoms with van der Waals surface area (Å²) < 4.78 is 11.1. The van der Waals surface area contributed by atoms with Crippen molar-refractivity contribution in [3.63, 3.8) is 0 Å². The summed E-state index contributed by atoms with van der Waals surface area (Å²) in [5, 5.41) is 0. The Morgan fingerprint density at radius 3 is 2.24 bits per heavy atom. The van der Waals surface area contributed by atoms with Gasteiger partial charge < -0.3 is 9.47 Å². The topological polar surface area (TPSA) is 35.5 Å². The lowest BCUT2D eigenvalue weighted by atomic mass is 10.0. The zero-order valence-electron chi connectivity index (χ0n) is 10.7. The van der Waals surface area contributed by atoms with E-state index in [4.69, 9.17) is 9.47 Å². The third-order valence-electron chi connectivity index (χ3n) is 2.47. The second-order valence-electron chi connectivity index (χ2n) is 3.61. The van der Waals surface area contributed by atoms with E-state index in [2.05, 4.69) is 0 Å². The molecule has 0 saturated heterocycles. The van der Waals surface area contributed by atoms with E-state index in [1.54, 1.807) is 0 Å². The largest absolute Gasteiger partial charge is 0.349 e. The maximum Gasteiger partial charge on any atom is 0.184 e. The van der Waals surface area contributed by atoms with Crippen LogP contribution in [0.4, 0.5) is 0 Å². The molecule has 0 bridgehead atoms. The Kier molecular flexibility index (Phi) is 5.87. The fraction of sp³-hybridized carbons (Fsp3) is 0.500. The fourth-order valence-electron chi connectivity index (χ4n) is 1.68. The average Bonchev–Trinajstić information content (AvgIpc) is 2.37. The number of Topliss-reactive ketones (excluding diaryl/α,β-unsaturated/α-hetero) is 1. The molecule has 0 aliphatic rings. The molecule has 94 valence electrons. The first-order chi connectivity index (χ1) is 8.24. The molecule has 0 radical (unpaired) electrons. The van der Waals surface area contributed by atoms with Crippen LogP contribution in [-0.4, -0.2) is 19.0 Å². The minimum atomic E-state index is -0.448. The van der Waals surface area contributed by atoms with Crippen LogP contribution in [0.5, 0.6) is 0 Å². The van der Waals surface area contributed by atoms with Crippen molar-refractivity contribution in [2.75, 3.05) is 13.2 Å². The van der Waals surface area contributed by atoms with Gasteiger partial charge in [0.05, 0.1) is 0 Å². The lowest BCUT2D eigenvalue weighted by Crippen LogP contribution is -2.13. The summed E-state index contributed by atoms with van der Waals surface area (Å²) >= 11 is 0. The average molecular weight is 236 g/mol. The molecule has 0 N–H and O–H groups in total. The van der Waals surface area contributed by atoms with E-state index in [0.29, 0.717) is 25.2 Å². The summed E-state index contributed by atoms with van der Waals surface area (Å²) in [7, 11) is 0. The van der Waals surface area contributed by atoms with Crippen LogP contribution in [-0.2, 0) is 9.47 Å². The molecule has 0 atom stereocenters. The second-order valence-corrected chi connectivity index (χ2v) is 3.61. The number of ketones is 1. The van der Waals surface area contributed by atoms with Crippen molar-refractivity contribution in [3.05, 3.63) is 35.4 Å². The van der Waals surface area contributed by atoms with E-state index < -0.39 is 6.29 Å². The van der Waals surface area contributed by atoms with Gasteiger partial charge >= 0.3 is 0 Å². The molecule has 0 saturated carbocycles. The van der Waals surface area contributed by atoms with Crippen LogP contribution in [0.2, 0.25) is 0 Å². The van der Waals surface area contributed by atoms with E-state index in [0.717, 1.165) is 5.56 Å². The van der Waals surface area contributed by atoms with Gasteiger partial charge in [-0.15, -0.1) is 0 Å². The Labute approximate surface area is 103 Å². The first kappa shape index (κ1) is 13.9. The van der Waals surface area contributed by atoms with Crippen LogP contribution in [0, 0.1) is 0 Å². The van der Waals surface area contributed by atoms with Gasteiger partial charge in [0, 0.05) is 30.8 Å². The Morgan fingerprint density at radius 1 is 1.12 bits per heavy atom. The van der Waals surface area contributed by atoms with Crippen LogP contribution in [0.25, 0.3) is 0 Å². The third-order valence-corrected chi connectivity index (χ3v) is 2.47. The summed E-state index contributed by atoms with van der Waals surface area (Å²) in [5.74, 6) is 0.116. The van der Waals surface area contributed by atoms with Crippen molar-refractivity contribution in [2.24, 2.45) is 0 Å². The SMILES string of the molecule is CCOC(OCC)c1ccccc1C(=O)CC. The molecule has 0 heterocycles. The molecule has 0 aromatic heterocycles. The Bertz CT molecular complexity index is 354. The van der Waals surface area contributed by atoms with Gasteiger partial charge in [-0.3, -0.25) is 4.79 Å². The van der Waals surface area contributed by atoms with E-state index in [-0.39, 0.29) is 5.78 Å². The summed E-state index contributed by atoms with van der Waals surface area (Å²) in [6, 6.07) is 7.47. The Balaban J connectivity index is 3.04. The van der Waals surface area contributed by atoms with E-state index in [1.165, 1.54) is 0 Å². The quantitative estimate of drug-likeness (QED) is 0.538. The van der Waals surface area contributed by atoms with Crippen LogP contribution in [0.3, 0.4) is 0 Å². The summed E-state index contributed by atoms with van der Waals surface area (Å²) in [6.07, 6.45) is 0.0406. The number of benzene rings is 1. The first-order valence-electron chi connectivity index (χ1n) is 6.09. The highest BCUT2D eigenvalue weighted by molar-refractivity contribution is 5.97. The summed E-state index contributed by atoms with van der Waals surface area (Å²) in [4.78, 5) is 11.8. The highest BCUT2D eigenvalue weighted by Crippen LogP contribution is 2.23. The van der Waals surface area contributed by atoms with Crippen molar-refractivity contribution in [3.8, 4) is 0 Å². The van der Waals surface area contributed by atoms with Gasteiger partial charge in [-0.2, -0.15) is 0 Å². The minimum absolute atomic E-state index is 0.116. The minimum Gasteiger partial charge on any atom is -0.349 e. The maximum atomic E-state index is 11.8. The number of carbonyl (C=O) groups is 1. The first-order valence-corrected chi connectivity index (χ1v) is 6.09. The molecule has 0 aliphatic heterocycles. The molecular weight excluding hydrogens is 216 g/mol. The van der Waals surface area contributed by atoms with Gasteiger partial charge in [0.15, 0.2) is 12.1 Å². The number of carbonyl (C=O) groups excluding carboxylic acids is 1. The van der Waals surface area contributed by atoms with Gasteiger partial charge in [0.25, 0.3) is 0 Å². The van der Waals surface area contributed by atoms with Crippen molar-refractivity contribution < 1.29 is 14.3 Å². The molecule has 0 unspecified atom stereocenters. The van der Waals surface area contributed by atoms with Crippen LogP contribution in [0.1, 0.15) is 49.4 Å². The molecule has 1 rings (SSSR count). The summed E-state index contributed by atoms with van der Waals surface area (Å²) in [6.45, 7) is 6.79. The van der Waals surface area contributed by atoms with Crippen molar-refractivity contribution in [1.82, 2.24) is 0 Å². The van der Waals surface area contributed by atoms with Gasteiger partial charge in [-0.1, -0.05) is 31.2 Å². The maximum absolute atomic E-state index is 11.8. The van der Waals surface area contributed by atoms with E-state index in [9.17, 15) is 4.79 Å². The standard InChI is InChI=1S/C14H20O3/c1-4-13(15)11-9-7-8-10-12(11)14(16-5-2)17-6-3/h7-10,14H,4-6H2,1-3H3. The lowest BCUT2D eigenvalue weighted by Gasteiger charge is -2.19. The Morgan fingerprint density at radius 2 is 1.71 bits per heavy atom. The van der Waals surface area contributed by atoms with Crippen LogP contribution >= 0.6 is 0 Å². The lowest BCUT2D eigenvalue weighted by molar-refractivity contribution is -0.140. The normalized spacial score (nSPS) is 10.8. The molecule has 1 aromatic rings. The van der Waals surface area contributed by atoms with Crippen molar-refractivity contribution in [2.45, 2.75) is 33.5 Å². The predicted molar refractivity (Wildman–Crippen MR) is 67.1 cm³/mol. The molecule has 0 spiro atoms. The predicted octanol–water partition coefficient (Wildman–Crippen LogP) is 3.35. The Hall–Kier alpha value is -1.19. The molecular formula is C14H20O3. The molecule has 0 aliphatic carbocycles. The number of hydrogen-bond donors (Lipinski definition) is 0. The molecule has 3 heteroatoms. The zero-order valence-corrected chi connectivity index (χ0v) is 10.7. The molecule has 1 aromatic carbocycles. The van der Waals surface area contributed by atoms with Crippen LogP contribution in [0.15, 0.2) is 24.3 Å². The molecule has 0 fully saturated rings. The highest BCUT2D eigenvalue weighted by Gasteiger charge is 2.18. The zero-order chi connectivity index (χ0) is 12.7. The number of hydrogen-bond acceptors (Lipinski definition) is 3. The fourth-order valence-corrected chi connectivity index (χ4v) is 1.68. The van der Waals surface area contributed by atoms with E-state index >= 15 is 0 Å². The van der Waals surface area contributed by atoms with Crippen molar-refractivity contribution in [1.29, 1.82) is 0 Å². The molecule has 3 nitrogen and oxygen atoms in total. The second kappa shape index (κ2) is 7.20. The summed E-state index contributed by atoms with van der Waals surface area (Å²) in [5.41, 5.74) is 1.52. The van der Waals surface area contributed by atoms with E-state index in [1.807, 2.05) is 45.0 Å². The van der Waals surface area contributed by atoms with Gasteiger partial charge in [0.1, 0.15) is 0 Å². The third kappa shape index (κ3) is 3.65. The smallest absolute Gasteiger partial charge is 0.184 e. The van der Waals surface area contributed by atoms with Gasteiger partial charge in [0.2, 0.25) is 0 Å². The van der Waals surface area contributed by atoms with Crippen LogP contribution < -0.4 is 0 Å². The molecule has 17 heavy (non-hydrogen) atoms. The monoisotopic (exact) mass is 236 g/mol. The van der Waals surface area contributed by atoms with Gasteiger partial charge in [-0.05, 0) is 13.8 Å². The molecule has 0 amide bonds. The number of rotatable bonds is 7. The highest BCUT2D eigenvalue weighted by atomic mass is 16.7. The number of ether oxygens (including phenoxy) is 2. The van der Waals surface area contributed by atoms with Crippen molar-refractivity contribution >= 4 is 5.78 Å². The van der Waals surface area contributed by atoms with Gasteiger partial charge in [-0.25, -0.2) is 0 Å².